The molecule has 3 heterocycles. The Morgan fingerprint density at radius 3 is 1.75 bits per heavy atom. The smallest absolute Gasteiger partial charge is 0.101 e. The molecule has 0 unspecified atom stereocenters. The van der Waals surface area contributed by atoms with E-state index < -0.39 is 0 Å². The predicted octanol–water partition coefficient (Wildman–Crippen LogP) is 12.5. The largest absolute Gasteiger partial charge is 0.255 e. The van der Waals surface area contributed by atoms with Gasteiger partial charge in [0, 0.05) is 33.5 Å². The summed E-state index contributed by atoms with van der Waals surface area (Å²) in [7, 11) is 0. The number of hydrogen-bond acceptors (Lipinski definition) is 3. The van der Waals surface area contributed by atoms with E-state index in [2.05, 4.69) is 173 Å². The molecule has 4 heteroatoms. The first-order chi connectivity index (χ1) is 26.3. The van der Waals surface area contributed by atoms with Crippen LogP contribution in [0.5, 0.6) is 0 Å². The monoisotopic (exact) mass is 676 g/mol. The van der Waals surface area contributed by atoms with Gasteiger partial charge in [-0.05, 0) is 69.6 Å². The zero-order valence-electron chi connectivity index (χ0n) is 28.8. The highest BCUT2D eigenvalue weighted by Gasteiger charge is 2.25. The van der Waals surface area contributed by atoms with Crippen molar-refractivity contribution in [3.8, 4) is 61.7 Å². The van der Waals surface area contributed by atoms with Crippen LogP contribution in [0.25, 0.3) is 94.3 Å². The SMILES string of the molecule is c1ccc(-c2nn(-c3ccccc3)c3c2c(-c2ccccc2)c(-c2ccc(-c4ccc5ccc(-c6ccccn6)nc5c4)cc2)c2ccccc23)cc1. The van der Waals surface area contributed by atoms with Gasteiger partial charge in [-0.15, -0.1) is 0 Å². The third kappa shape index (κ3) is 5.36. The van der Waals surface area contributed by atoms with Gasteiger partial charge in [-0.3, -0.25) is 4.98 Å². The Bertz CT molecular complexity index is 2900. The van der Waals surface area contributed by atoms with Gasteiger partial charge in [0.15, 0.2) is 0 Å². The zero-order valence-corrected chi connectivity index (χ0v) is 28.8. The lowest BCUT2D eigenvalue weighted by Crippen LogP contribution is -1.97. The molecule has 3 aromatic heterocycles. The Kier molecular flexibility index (Phi) is 7.43. The zero-order chi connectivity index (χ0) is 35.1. The van der Waals surface area contributed by atoms with E-state index in [0.29, 0.717) is 0 Å². The number of rotatable bonds is 6. The maximum atomic E-state index is 5.41. The second kappa shape index (κ2) is 12.9. The molecule has 0 aliphatic carbocycles. The van der Waals surface area contributed by atoms with Gasteiger partial charge in [0.25, 0.3) is 0 Å². The molecule has 0 saturated carbocycles. The Labute approximate surface area is 307 Å². The minimum absolute atomic E-state index is 0.867. The fourth-order valence-corrected chi connectivity index (χ4v) is 7.60. The lowest BCUT2D eigenvalue weighted by molar-refractivity contribution is 0.918. The van der Waals surface area contributed by atoms with Crippen LogP contribution >= 0.6 is 0 Å². The first kappa shape index (κ1) is 30.6. The summed E-state index contributed by atoms with van der Waals surface area (Å²) in [6, 6.07) is 66.2. The van der Waals surface area contributed by atoms with Crippen molar-refractivity contribution in [3.05, 3.63) is 194 Å². The van der Waals surface area contributed by atoms with E-state index in [0.717, 1.165) is 77.8 Å². The van der Waals surface area contributed by atoms with E-state index in [1.807, 2.05) is 24.3 Å². The number of fused-ring (bicyclic) bond motifs is 4. The molecule has 4 nitrogen and oxygen atoms in total. The maximum Gasteiger partial charge on any atom is 0.101 e. The van der Waals surface area contributed by atoms with Crippen molar-refractivity contribution < 1.29 is 0 Å². The molecule has 10 rings (SSSR count). The highest BCUT2D eigenvalue weighted by atomic mass is 15.3. The highest BCUT2D eigenvalue weighted by molar-refractivity contribution is 6.24. The van der Waals surface area contributed by atoms with Crippen LogP contribution in [-0.2, 0) is 0 Å². The van der Waals surface area contributed by atoms with Crippen molar-refractivity contribution in [2.45, 2.75) is 0 Å². The summed E-state index contributed by atoms with van der Waals surface area (Å²) in [5.41, 5.74) is 13.8. The van der Waals surface area contributed by atoms with Crippen LogP contribution in [-0.4, -0.2) is 19.7 Å². The molecule has 53 heavy (non-hydrogen) atoms. The van der Waals surface area contributed by atoms with Crippen molar-refractivity contribution >= 4 is 32.6 Å². The van der Waals surface area contributed by atoms with E-state index in [-0.39, 0.29) is 0 Å². The topological polar surface area (TPSA) is 43.6 Å². The summed E-state index contributed by atoms with van der Waals surface area (Å²) in [5.74, 6) is 0. The van der Waals surface area contributed by atoms with Gasteiger partial charge in [-0.1, -0.05) is 152 Å². The van der Waals surface area contributed by atoms with Crippen molar-refractivity contribution in [2.24, 2.45) is 0 Å². The standard InChI is InChI=1S/C49H32N4/c1-4-14-35(15-5-1)46-45(36-26-23-33(24-27-36)38-28-25-34-29-30-43(51-44(34)32-38)42-22-12-13-31-50-42)40-20-10-11-21-41(40)49-47(46)48(37-16-6-2-7-17-37)52-53(49)39-18-8-3-9-19-39/h1-32H. The van der Waals surface area contributed by atoms with Crippen molar-refractivity contribution in [2.75, 3.05) is 0 Å². The molecule has 7 aromatic carbocycles. The summed E-state index contributed by atoms with van der Waals surface area (Å²) in [6.45, 7) is 0. The average Bonchev–Trinajstić information content (AvgIpc) is 3.65. The van der Waals surface area contributed by atoms with Crippen molar-refractivity contribution in [1.82, 2.24) is 19.7 Å². The first-order valence-corrected chi connectivity index (χ1v) is 17.9. The van der Waals surface area contributed by atoms with Gasteiger partial charge in [-0.25, -0.2) is 9.67 Å². The summed E-state index contributed by atoms with van der Waals surface area (Å²) in [6.07, 6.45) is 1.81. The average molecular weight is 677 g/mol. The van der Waals surface area contributed by atoms with Crippen LogP contribution in [0.1, 0.15) is 0 Å². The van der Waals surface area contributed by atoms with E-state index in [1.54, 1.807) is 6.20 Å². The maximum absolute atomic E-state index is 5.41. The Morgan fingerprint density at radius 2 is 1.02 bits per heavy atom. The lowest BCUT2D eigenvalue weighted by Gasteiger charge is -2.18. The molecular formula is C49H32N4. The minimum Gasteiger partial charge on any atom is -0.255 e. The number of aromatic nitrogens is 4. The molecule has 0 aliphatic rings. The van der Waals surface area contributed by atoms with Crippen LogP contribution in [0.2, 0.25) is 0 Å². The molecule has 0 amide bonds. The van der Waals surface area contributed by atoms with E-state index in [4.69, 9.17) is 10.1 Å². The second-order valence-corrected chi connectivity index (χ2v) is 13.2. The second-order valence-electron chi connectivity index (χ2n) is 13.2. The highest BCUT2D eigenvalue weighted by Crippen LogP contribution is 2.48. The van der Waals surface area contributed by atoms with Crippen molar-refractivity contribution in [1.29, 1.82) is 0 Å². The fraction of sp³-hybridized carbons (Fsp3) is 0. The minimum atomic E-state index is 0.867. The molecular weight excluding hydrogens is 645 g/mol. The molecule has 0 N–H and O–H groups in total. The molecule has 0 radical (unpaired) electrons. The predicted molar refractivity (Wildman–Crippen MR) is 219 cm³/mol. The van der Waals surface area contributed by atoms with Gasteiger partial charge in [0.2, 0.25) is 0 Å². The van der Waals surface area contributed by atoms with Gasteiger partial charge < -0.3 is 0 Å². The number of nitrogens with zero attached hydrogens (tertiary/aromatic N) is 4. The molecule has 0 spiro atoms. The van der Waals surface area contributed by atoms with Crippen LogP contribution in [0.3, 0.4) is 0 Å². The Hall–Kier alpha value is -7.17. The molecule has 0 fully saturated rings. The summed E-state index contributed by atoms with van der Waals surface area (Å²) in [5, 5.41) is 9.98. The molecule has 0 bridgehead atoms. The Morgan fingerprint density at radius 1 is 0.415 bits per heavy atom. The summed E-state index contributed by atoms with van der Waals surface area (Å²) >= 11 is 0. The molecule has 248 valence electrons. The van der Waals surface area contributed by atoms with E-state index in [1.165, 1.54) is 16.5 Å². The fourth-order valence-electron chi connectivity index (χ4n) is 7.60. The van der Waals surface area contributed by atoms with Crippen LogP contribution in [0, 0.1) is 0 Å². The van der Waals surface area contributed by atoms with Gasteiger partial charge in [-0.2, -0.15) is 5.10 Å². The lowest BCUT2D eigenvalue weighted by atomic mass is 9.85. The molecule has 10 aromatic rings. The van der Waals surface area contributed by atoms with Crippen LogP contribution in [0.4, 0.5) is 0 Å². The van der Waals surface area contributed by atoms with Gasteiger partial charge >= 0.3 is 0 Å². The third-order valence-electron chi connectivity index (χ3n) is 10.1. The number of pyridine rings is 2. The first-order valence-electron chi connectivity index (χ1n) is 17.9. The van der Waals surface area contributed by atoms with Gasteiger partial charge in [0.05, 0.1) is 28.1 Å². The quantitative estimate of drug-likeness (QED) is 0.176. The van der Waals surface area contributed by atoms with E-state index >= 15 is 0 Å². The normalized spacial score (nSPS) is 11.4. The van der Waals surface area contributed by atoms with Crippen molar-refractivity contribution in [3.63, 3.8) is 0 Å². The molecule has 0 aliphatic heterocycles. The summed E-state index contributed by atoms with van der Waals surface area (Å²) in [4.78, 5) is 9.51. The Balaban J connectivity index is 1.21. The third-order valence-corrected chi connectivity index (χ3v) is 10.1. The van der Waals surface area contributed by atoms with Crippen LogP contribution in [0.15, 0.2) is 194 Å². The number of para-hydroxylation sites is 1. The number of benzene rings is 7. The van der Waals surface area contributed by atoms with E-state index in [9.17, 15) is 0 Å². The molecule has 0 atom stereocenters. The van der Waals surface area contributed by atoms with Gasteiger partial charge in [0.1, 0.15) is 5.69 Å². The van der Waals surface area contributed by atoms with Crippen LogP contribution < -0.4 is 0 Å². The summed E-state index contributed by atoms with van der Waals surface area (Å²) < 4.78 is 2.13. The molecule has 0 saturated heterocycles. The number of hydrogen-bond donors (Lipinski definition) is 0.